The molecule has 0 bridgehead atoms. The molecule has 30 heavy (non-hydrogen) atoms. The first-order chi connectivity index (χ1) is 14.7. The molecule has 2 aromatic carbocycles. The van der Waals surface area contributed by atoms with Gasteiger partial charge in [0.2, 0.25) is 0 Å². The molecule has 0 N–H and O–H groups in total. The fraction of sp³-hybridized carbons (Fsp3) is 0.520. The summed E-state index contributed by atoms with van der Waals surface area (Å²) in [6, 6.07) is 13.9. The van der Waals surface area contributed by atoms with E-state index in [0.717, 1.165) is 50.9 Å². The van der Waals surface area contributed by atoms with Crippen LogP contribution in [0.3, 0.4) is 0 Å². The Bertz CT molecular complexity index is 932. The predicted molar refractivity (Wildman–Crippen MR) is 111 cm³/mol. The Morgan fingerprint density at radius 2 is 1.73 bits per heavy atom. The summed E-state index contributed by atoms with van der Waals surface area (Å²) in [5.41, 5.74) is 4.93. The first-order valence-electron chi connectivity index (χ1n) is 11.2. The lowest BCUT2D eigenvalue weighted by Gasteiger charge is -2.38. The number of rotatable bonds is 2. The van der Waals surface area contributed by atoms with Crippen molar-refractivity contribution in [3.05, 3.63) is 70.5 Å². The Hall–Kier alpha value is -1.79. The highest BCUT2D eigenvalue weighted by atomic mass is 19.1. The third-order valence-electron chi connectivity index (χ3n) is 7.36. The molecule has 1 aliphatic carbocycles. The zero-order valence-corrected chi connectivity index (χ0v) is 17.2. The minimum Gasteiger partial charge on any atom is -0.368 e. The SMILES string of the molecule is Fc1ccc2c(c1)[C@@H]1O[C@@H](CN3CCC4(CC3)OCCO4)C[C@@H]1c1ccccc1C2. The van der Waals surface area contributed by atoms with E-state index in [1.807, 2.05) is 6.07 Å². The molecule has 6 rings (SSSR count). The molecule has 1 spiro atoms. The molecule has 3 fully saturated rings. The van der Waals surface area contributed by atoms with Crippen LogP contribution in [0.2, 0.25) is 0 Å². The molecule has 0 unspecified atom stereocenters. The van der Waals surface area contributed by atoms with Gasteiger partial charge in [-0.15, -0.1) is 0 Å². The molecule has 0 radical (unpaired) electrons. The van der Waals surface area contributed by atoms with Gasteiger partial charge in [0, 0.05) is 38.4 Å². The fourth-order valence-corrected chi connectivity index (χ4v) is 5.87. The van der Waals surface area contributed by atoms with Crippen LogP contribution in [0.5, 0.6) is 0 Å². The molecule has 5 heteroatoms. The van der Waals surface area contributed by atoms with Gasteiger partial charge in [-0.1, -0.05) is 30.3 Å². The number of piperidine rings is 1. The standard InChI is InChI=1S/C25H28FNO3/c26-19-6-5-18-13-17-3-1-2-4-21(17)23-15-20(30-24(23)22(18)14-19)16-27-9-7-25(8-10-27)28-11-12-29-25/h1-6,14,20,23-24H,7-13,15-16H2/t20-,23-,24+/m1/s1. The van der Waals surface area contributed by atoms with E-state index in [2.05, 4.69) is 29.2 Å². The zero-order valence-electron chi connectivity index (χ0n) is 17.2. The zero-order chi connectivity index (χ0) is 20.1. The highest BCUT2D eigenvalue weighted by Gasteiger charge is 2.43. The van der Waals surface area contributed by atoms with Gasteiger partial charge in [0.1, 0.15) is 5.82 Å². The summed E-state index contributed by atoms with van der Waals surface area (Å²) >= 11 is 0. The maximum Gasteiger partial charge on any atom is 0.170 e. The highest BCUT2D eigenvalue weighted by Crippen LogP contribution is 2.49. The topological polar surface area (TPSA) is 30.9 Å². The average molecular weight is 410 g/mol. The average Bonchev–Trinajstić information content (AvgIpc) is 3.36. The Labute approximate surface area is 176 Å². The summed E-state index contributed by atoms with van der Waals surface area (Å²) in [4.78, 5) is 2.48. The highest BCUT2D eigenvalue weighted by molar-refractivity contribution is 5.45. The van der Waals surface area contributed by atoms with Crippen LogP contribution >= 0.6 is 0 Å². The summed E-state index contributed by atoms with van der Waals surface area (Å²) in [6.45, 7) is 4.28. The van der Waals surface area contributed by atoms with E-state index in [1.54, 1.807) is 12.1 Å². The number of hydrogen-bond donors (Lipinski definition) is 0. The lowest BCUT2D eigenvalue weighted by Crippen LogP contribution is -2.47. The van der Waals surface area contributed by atoms with Gasteiger partial charge in [-0.3, -0.25) is 0 Å². The lowest BCUT2D eigenvalue weighted by molar-refractivity contribution is -0.186. The fourth-order valence-electron chi connectivity index (χ4n) is 5.87. The number of fused-ring (bicyclic) bond motifs is 5. The Kier molecular flexibility index (Phi) is 4.68. The molecule has 158 valence electrons. The summed E-state index contributed by atoms with van der Waals surface area (Å²) in [6.07, 6.45) is 3.75. The monoisotopic (exact) mass is 409 g/mol. The van der Waals surface area contributed by atoms with Gasteiger partial charge in [0.15, 0.2) is 5.79 Å². The van der Waals surface area contributed by atoms with Crippen molar-refractivity contribution in [1.82, 2.24) is 4.90 Å². The molecule has 3 aliphatic heterocycles. The number of halogens is 1. The van der Waals surface area contributed by atoms with E-state index in [9.17, 15) is 4.39 Å². The second-order valence-corrected chi connectivity index (χ2v) is 9.15. The second kappa shape index (κ2) is 7.41. The summed E-state index contributed by atoms with van der Waals surface area (Å²) in [5, 5.41) is 0. The maximum absolute atomic E-state index is 14.1. The number of benzene rings is 2. The lowest BCUT2D eigenvalue weighted by atomic mass is 9.87. The predicted octanol–water partition coefficient (Wildman–Crippen LogP) is 4.18. The second-order valence-electron chi connectivity index (χ2n) is 9.15. The van der Waals surface area contributed by atoms with Crippen molar-refractivity contribution in [3.63, 3.8) is 0 Å². The van der Waals surface area contributed by atoms with Crippen LogP contribution < -0.4 is 0 Å². The third kappa shape index (κ3) is 3.28. The first-order valence-corrected chi connectivity index (χ1v) is 11.2. The molecule has 3 heterocycles. The largest absolute Gasteiger partial charge is 0.368 e. The van der Waals surface area contributed by atoms with E-state index in [-0.39, 0.29) is 29.7 Å². The van der Waals surface area contributed by atoms with Gasteiger partial charge < -0.3 is 19.1 Å². The number of nitrogens with zero attached hydrogens (tertiary/aromatic N) is 1. The van der Waals surface area contributed by atoms with Gasteiger partial charge in [0.25, 0.3) is 0 Å². The molecule has 0 aromatic heterocycles. The van der Waals surface area contributed by atoms with Crippen molar-refractivity contribution in [2.75, 3.05) is 32.8 Å². The smallest absolute Gasteiger partial charge is 0.170 e. The molecule has 4 aliphatic rings. The number of hydrogen-bond acceptors (Lipinski definition) is 4. The van der Waals surface area contributed by atoms with Crippen LogP contribution in [-0.2, 0) is 20.6 Å². The van der Waals surface area contributed by atoms with Crippen molar-refractivity contribution in [3.8, 4) is 0 Å². The van der Waals surface area contributed by atoms with E-state index in [1.165, 1.54) is 16.7 Å². The van der Waals surface area contributed by atoms with Crippen LogP contribution in [0, 0.1) is 5.82 Å². The molecule has 3 atom stereocenters. The van der Waals surface area contributed by atoms with Crippen molar-refractivity contribution in [2.24, 2.45) is 0 Å². The molecule has 4 nitrogen and oxygen atoms in total. The van der Waals surface area contributed by atoms with E-state index < -0.39 is 0 Å². The Balaban J connectivity index is 1.23. The minimum absolute atomic E-state index is 0.0676. The molecule has 0 amide bonds. The minimum atomic E-state index is -0.339. The quantitative estimate of drug-likeness (QED) is 0.745. The normalized spacial score (nSPS) is 30.0. The summed E-state index contributed by atoms with van der Waals surface area (Å²) < 4.78 is 32.5. The van der Waals surface area contributed by atoms with Gasteiger partial charge in [-0.25, -0.2) is 4.39 Å². The number of likely N-dealkylation sites (tertiary alicyclic amines) is 1. The molecule has 3 saturated heterocycles. The van der Waals surface area contributed by atoms with Crippen molar-refractivity contribution >= 4 is 0 Å². The summed E-state index contributed by atoms with van der Waals surface area (Å²) in [7, 11) is 0. The van der Waals surface area contributed by atoms with Gasteiger partial charge in [-0.2, -0.15) is 0 Å². The van der Waals surface area contributed by atoms with E-state index in [0.29, 0.717) is 13.2 Å². The van der Waals surface area contributed by atoms with E-state index >= 15 is 0 Å². The molecule has 0 saturated carbocycles. The van der Waals surface area contributed by atoms with Gasteiger partial charge in [-0.05, 0) is 47.2 Å². The van der Waals surface area contributed by atoms with Crippen molar-refractivity contribution in [2.45, 2.75) is 49.6 Å². The van der Waals surface area contributed by atoms with Crippen LogP contribution in [0.4, 0.5) is 4.39 Å². The van der Waals surface area contributed by atoms with Crippen LogP contribution in [0.15, 0.2) is 42.5 Å². The van der Waals surface area contributed by atoms with Crippen LogP contribution in [-0.4, -0.2) is 49.6 Å². The van der Waals surface area contributed by atoms with E-state index in [4.69, 9.17) is 14.2 Å². The molecular weight excluding hydrogens is 381 g/mol. The third-order valence-corrected chi connectivity index (χ3v) is 7.36. The van der Waals surface area contributed by atoms with Gasteiger partial charge in [0.05, 0.1) is 25.4 Å². The molecular formula is C25H28FNO3. The Morgan fingerprint density at radius 1 is 0.967 bits per heavy atom. The number of ether oxygens (including phenoxy) is 3. The van der Waals surface area contributed by atoms with Gasteiger partial charge >= 0.3 is 0 Å². The van der Waals surface area contributed by atoms with Crippen molar-refractivity contribution in [1.29, 1.82) is 0 Å². The maximum atomic E-state index is 14.1. The molecule has 2 aromatic rings. The van der Waals surface area contributed by atoms with Crippen LogP contribution in [0.1, 0.15) is 53.5 Å². The first kappa shape index (κ1) is 18.9. The van der Waals surface area contributed by atoms with Crippen molar-refractivity contribution < 1.29 is 18.6 Å². The summed E-state index contributed by atoms with van der Waals surface area (Å²) in [5.74, 6) is -0.232. The Morgan fingerprint density at radius 3 is 2.57 bits per heavy atom. The van der Waals surface area contributed by atoms with Crippen LogP contribution in [0.25, 0.3) is 0 Å².